The van der Waals surface area contributed by atoms with Gasteiger partial charge in [0.15, 0.2) is 0 Å². The molecule has 2 aromatic rings. The van der Waals surface area contributed by atoms with E-state index in [1.807, 2.05) is 30.4 Å². The van der Waals surface area contributed by atoms with Crippen LogP contribution in [0.2, 0.25) is 0 Å². The number of hydrogen-bond acceptors (Lipinski definition) is 2. The van der Waals surface area contributed by atoms with E-state index in [1.165, 1.54) is 0 Å². The van der Waals surface area contributed by atoms with E-state index in [4.69, 9.17) is 0 Å². The van der Waals surface area contributed by atoms with Crippen LogP contribution in [-0.2, 0) is 0 Å². The van der Waals surface area contributed by atoms with Crippen molar-refractivity contribution in [1.29, 1.82) is 0 Å². The maximum atomic E-state index is 3.75. The Kier molecular flexibility index (Phi) is 5.01. The lowest BCUT2D eigenvalue weighted by Crippen LogP contribution is -2.04. The molecule has 2 heteroatoms. The second-order valence-corrected chi connectivity index (χ2v) is 4.36. The molecule has 2 nitrogen and oxygen atoms in total. The number of benzene rings is 2. The van der Waals surface area contributed by atoms with Crippen molar-refractivity contribution < 1.29 is 0 Å². The zero-order chi connectivity index (χ0) is 14.2. The first kappa shape index (κ1) is 13.9. The van der Waals surface area contributed by atoms with Gasteiger partial charge in [-0.25, -0.2) is 0 Å². The molecule has 0 saturated heterocycles. The normalized spacial score (nSPS) is 9.80. The summed E-state index contributed by atoms with van der Waals surface area (Å²) in [7, 11) is 0. The van der Waals surface area contributed by atoms with Crippen molar-refractivity contribution in [1.82, 2.24) is 0 Å². The Morgan fingerprint density at radius 3 is 1.95 bits per heavy atom. The van der Waals surface area contributed by atoms with Crippen molar-refractivity contribution >= 4 is 11.4 Å². The molecule has 2 aromatic carbocycles. The molecule has 0 aliphatic rings. The quantitative estimate of drug-likeness (QED) is 0.726. The number of anilines is 2. The molecular weight excluding hydrogens is 244 g/mol. The van der Waals surface area contributed by atoms with Gasteiger partial charge in [-0.1, -0.05) is 42.5 Å². The fourth-order valence-corrected chi connectivity index (χ4v) is 2.08. The zero-order valence-electron chi connectivity index (χ0n) is 11.5. The van der Waals surface area contributed by atoms with Gasteiger partial charge in [0, 0.05) is 30.0 Å². The topological polar surface area (TPSA) is 24.1 Å². The number of rotatable bonds is 7. The Balaban J connectivity index is 2.46. The highest BCUT2D eigenvalue weighted by atomic mass is 14.9. The van der Waals surface area contributed by atoms with Crippen LogP contribution in [0.3, 0.4) is 0 Å². The molecule has 101 valence electrons. The van der Waals surface area contributed by atoms with Gasteiger partial charge in [0.25, 0.3) is 0 Å². The molecule has 0 heterocycles. The first-order valence-electron chi connectivity index (χ1n) is 6.66. The zero-order valence-corrected chi connectivity index (χ0v) is 11.5. The van der Waals surface area contributed by atoms with Crippen LogP contribution in [0.15, 0.2) is 67.8 Å². The third-order valence-electron chi connectivity index (χ3n) is 2.95. The second kappa shape index (κ2) is 7.19. The average Bonchev–Trinajstić information content (AvgIpc) is 2.51. The standard InChI is InChI=1S/C18H19N2/c1-3-13-19-16-11-8-12-17(20-14-4-2)18(16)15-9-6-5-7-10-15/h3-4,6-12,19-20H,1-2,13-14H2. The Labute approximate surface area is 120 Å². The maximum absolute atomic E-state index is 3.75. The molecule has 0 amide bonds. The van der Waals surface area contributed by atoms with Crippen LogP contribution in [0.1, 0.15) is 0 Å². The van der Waals surface area contributed by atoms with Gasteiger partial charge in [-0.15, -0.1) is 13.2 Å². The first-order chi connectivity index (χ1) is 9.86. The highest BCUT2D eigenvalue weighted by Crippen LogP contribution is 2.35. The minimum absolute atomic E-state index is 0.733. The fourth-order valence-electron chi connectivity index (χ4n) is 2.08. The van der Waals surface area contributed by atoms with Crippen molar-refractivity contribution in [3.63, 3.8) is 0 Å². The minimum atomic E-state index is 0.733. The van der Waals surface area contributed by atoms with Crippen LogP contribution < -0.4 is 10.6 Å². The summed E-state index contributed by atoms with van der Waals surface area (Å²) in [5, 5.41) is 6.77. The van der Waals surface area contributed by atoms with Gasteiger partial charge in [-0.05, 0) is 23.8 Å². The SMILES string of the molecule is C=CCNc1cccc(NCC=C)c1-c1cc[c]cc1. The molecule has 2 rings (SSSR count). The summed E-state index contributed by atoms with van der Waals surface area (Å²) in [6, 6.07) is 17.2. The van der Waals surface area contributed by atoms with Gasteiger partial charge >= 0.3 is 0 Å². The largest absolute Gasteiger partial charge is 0.381 e. The summed E-state index contributed by atoms with van der Waals surface area (Å²) in [5.74, 6) is 0. The summed E-state index contributed by atoms with van der Waals surface area (Å²) in [5.41, 5.74) is 4.49. The van der Waals surface area contributed by atoms with Crippen LogP contribution in [0, 0.1) is 6.07 Å². The first-order valence-corrected chi connectivity index (χ1v) is 6.66. The smallest absolute Gasteiger partial charge is 0.0443 e. The van der Waals surface area contributed by atoms with E-state index >= 15 is 0 Å². The van der Waals surface area contributed by atoms with Crippen LogP contribution in [0.5, 0.6) is 0 Å². The van der Waals surface area contributed by atoms with E-state index in [-0.39, 0.29) is 0 Å². The summed E-state index contributed by atoms with van der Waals surface area (Å²) < 4.78 is 0. The monoisotopic (exact) mass is 263 g/mol. The Morgan fingerprint density at radius 1 is 0.900 bits per heavy atom. The van der Waals surface area contributed by atoms with Gasteiger partial charge in [-0.2, -0.15) is 0 Å². The lowest BCUT2D eigenvalue weighted by molar-refractivity contribution is 1.31. The third kappa shape index (κ3) is 3.29. The molecule has 0 aliphatic carbocycles. The molecule has 0 atom stereocenters. The van der Waals surface area contributed by atoms with Crippen LogP contribution in [0.4, 0.5) is 11.4 Å². The summed E-state index contributed by atoms with van der Waals surface area (Å²) in [4.78, 5) is 0. The predicted octanol–water partition coefficient (Wildman–Crippen LogP) is 4.35. The van der Waals surface area contributed by atoms with Crippen molar-refractivity contribution in [2.45, 2.75) is 0 Å². The van der Waals surface area contributed by atoms with Crippen LogP contribution in [-0.4, -0.2) is 13.1 Å². The average molecular weight is 263 g/mol. The number of nitrogens with one attached hydrogen (secondary N) is 2. The molecular formula is C18H19N2. The summed E-state index contributed by atoms with van der Waals surface area (Å²) >= 11 is 0. The van der Waals surface area contributed by atoms with Crippen molar-refractivity contribution in [2.75, 3.05) is 23.7 Å². The molecule has 0 saturated carbocycles. The lowest BCUT2D eigenvalue weighted by atomic mass is 10.0. The molecule has 20 heavy (non-hydrogen) atoms. The van der Waals surface area contributed by atoms with E-state index in [0.29, 0.717) is 0 Å². The number of hydrogen-bond donors (Lipinski definition) is 2. The van der Waals surface area contributed by atoms with E-state index < -0.39 is 0 Å². The van der Waals surface area contributed by atoms with Gasteiger partial charge in [0.05, 0.1) is 0 Å². The highest BCUT2D eigenvalue weighted by molar-refractivity contribution is 5.88. The summed E-state index contributed by atoms with van der Waals surface area (Å²) in [6.07, 6.45) is 3.71. The fraction of sp³-hybridized carbons (Fsp3) is 0.111. The third-order valence-corrected chi connectivity index (χ3v) is 2.95. The predicted molar refractivity (Wildman–Crippen MR) is 88.1 cm³/mol. The van der Waals surface area contributed by atoms with Gasteiger partial charge in [0.1, 0.15) is 0 Å². The molecule has 1 radical (unpaired) electrons. The van der Waals surface area contributed by atoms with Gasteiger partial charge in [-0.3, -0.25) is 0 Å². The van der Waals surface area contributed by atoms with Gasteiger partial charge < -0.3 is 10.6 Å². The van der Waals surface area contributed by atoms with Gasteiger partial charge in [0.2, 0.25) is 0 Å². The summed E-state index contributed by atoms with van der Waals surface area (Å²) in [6.45, 7) is 8.97. The van der Waals surface area contributed by atoms with Crippen molar-refractivity contribution in [2.24, 2.45) is 0 Å². The Morgan fingerprint density at radius 2 is 1.45 bits per heavy atom. The highest BCUT2D eigenvalue weighted by Gasteiger charge is 2.09. The molecule has 0 fully saturated rings. The molecule has 0 aromatic heterocycles. The molecule has 2 N–H and O–H groups in total. The van der Waals surface area contributed by atoms with E-state index in [9.17, 15) is 0 Å². The molecule has 0 aliphatic heterocycles. The van der Waals surface area contributed by atoms with E-state index in [2.05, 4.69) is 54.1 Å². The van der Waals surface area contributed by atoms with Crippen LogP contribution in [0.25, 0.3) is 11.1 Å². The maximum Gasteiger partial charge on any atom is 0.0443 e. The van der Waals surface area contributed by atoms with Crippen molar-refractivity contribution in [3.8, 4) is 11.1 Å². The second-order valence-electron chi connectivity index (χ2n) is 4.36. The minimum Gasteiger partial charge on any atom is -0.381 e. The van der Waals surface area contributed by atoms with E-state index in [1.54, 1.807) is 0 Å². The Bertz CT molecular complexity index is 543. The molecule has 0 spiro atoms. The molecule has 0 bridgehead atoms. The molecule has 0 unspecified atom stereocenters. The van der Waals surface area contributed by atoms with Crippen LogP contribution >= 0.6 is 0 Å². The van der Waals surface area contributed by atoms with Crippen molar-refractivity contribution in [3.05, 3.63) is 73.8 Å². The Hall–Kier alpha value is -2.48. The van der Waals surface area contributed by atoms with E-state index in [0.717, 1.165) is 35.6 Å². The lowest BCUT2D eigenvalue weighted by Gasteiger charge is -2.16.